The van der Waals surface area contributed by atoms with Crippen molar-refractivity contribution in [2.75, 3.05) is 23.3 Å². The summed E-state index contributed by atoms with van der Waals surface area (Å²) >= 11 is 0. The van der Waals surface area contributed by atoms with Crippen molar-refractivity contribution >= 4 is 28.3 Å². The Morgan fingerprint density at radius 2 is 1.83 bits per heavy atom. The second-order valence-corrected chi connectivity index (χ2v) is 6.85. The van der Waals surface area contributed by atoms with Gasteiger partial charge in [-0.05, 0) is 49.2 Å². The number of anilines is 2. The number of carbonyl (C=O) groups excluding carboxylic acids is 1. The fraction of sp³-hybridized carbons (Fsp3) is 0.167. The molecule has 5 heteroatoms. The van der Waals surface area contributed by atoms with Crippen molar-refractivity contribution in [3.05, 3.63) is 90.3 Å². The zero-order valence-corrected chi connectivity index (χ0v) is 16.4. The average molecular weight is 384 g/mol. The minimum absolute atomic E-state index is 0.0449. The average Bonchev–Trinajstić information content (AvgIpc) is 3.19. The van der Waals surface area contributed by atoms with Crippen molar-refractivity contribution in [3.8, 4) is 0 Å². The predicted molar refractivity (Wildman–Crippen MR) is 119 cm³/mol. The van der Waals surface area contributed by atoms with Crippen LogP contribution in [0.1, 0.15) is 22.8 Å². The quantitative estimate of drug-likeness (QED) is 0.477. The molecular formula is C24H24N4O. The maximum absolute atomic E-state index is 12.8. The van der Waals surface area contributed by atoms with Crippen LogP contribution in [0, 0.1) is 0 Å². The van der Waals surface area contributed by atoms with Crippen LogP contribution in [0.4, 0.5) is 11.5 Å². The van der Waals surface area contributed by atoms with E-state index < -0.39 is 0 Å². The number of nitrogens with one attached hydrogen (secondary N) is 2. The predicted octanol–water partition coefficient (Wildman–Crippen LogP) is 4.88. The molecule has 29 heavy (non-hydrogen) atoms. The number of para-hydroxylation sites is 2. The summed E-state index contributed by atoms with van der Waals surface area (Å²) in [5, 5.41) is 4.59. The van der Waals surface area contributed by atoms with Crippen LogP contribution >= 0.6 is 0 Å². The number of hydrogen-bond acceptors (Lipinski definition) is 3. The molecule has 2 aromatic carbocycles. The summed E-state index contributed by atoms with van der Waals surface area (Å²) in [6, 6.07) is 21.7. The zero-order chi connectivity index (χ0) is 20.1. The number of benzene rings is 2. The largest absolute Gasteiger partial charge is 0.370 e. The van der Waals surface area contributed by atoms with Gasteiger partial charge in [0.2, 0.25) is 0 Å². The Morgan fingerprint density at radius 1 is 1.03 bits per heavy atom. The molecule has 0 aliphatic rings. The van der Waals surface area contributed by atoms with Crippen molar-refractivity contribution < 1.29 is 4.79 Å². The van der Waals surface area contributed by atoms with Gasteiger partial charge in [0.1, 0.15) is 5.82 Å². The molecular weight excluding hydrogens is 360 g/mol. The van der Waals surface area contributed by atoms with E-state index in [0.29, 0.717) is 12.1 Å². The topological polar surface area (TPSA) is 61.0 Å². The van der Waals surface area contributed by atoms with Crippen LogP contribution in [0.15, 0.2) is 79.1 Å². The molecule has 146 valence electrons. The van der Waals surface area contributed by atoms with Gasteiger partial charge in [0.15, 0.2) is 0 Å². The summed E-state index contributed by atoms with van der Waals surface area (Å²) in [5.74, 6) is 0.723. The van der Waals surface area contributed by atoms with Crippen LogP contribution in [-0.2, 0) is 6.42 Å². The summed E-state index contributed by atoms with van der Waals surface area (Å²) in [6.45, 7) is 3.35. The Hall–Kier alpha value is -3.60. The number of aromatic nitrogens is 2. The summed E-state index contributed by atoms with van der Waals surface area (Å²) < 4.78 is 0. The first kappa shape index (κ1) is 18.7. The Morgan fingerprint density at radius 3 is 2.59 bits per heavy atom. The number of rotatable bonds is 7. The van der Waals surface area contributed by atoms with Crippen LogP contribution in [0.2, 0.25) is 0 Å². The van der Waals surface area contributed by atoms with Gasteiger partial charge in [-0.25, -0.2) is 4.98 Å². The minimum atomic E-state index is -0.0449. The molecule has 0 saturated heterocycles. The molecule has 0 bridgehead atoms. The first-order chi connectivity index (χ1) is 14.3. The van der Waals surface area contributed by atoms with Crippen molar-refractivity contribution in [1.29, 1.82) is 0 Å². The van der Waals surface area contributed by atoms with E-state index in [2.05, 4.69) is 39.7 Å². The standard InChI is InChI=1S/C24H24N4O/c1-2-28(20-8-4-3-5-9-20)24(29)19-12-13-23(27-17-19)25-15-14-18-16-26-22-11-7-6-10-21(18)22/h3-13,16-17,26H,2,14-15H2,1H3,(H,25,27). The maximum Gasteiger partial charge on any atom is 0.259 e. The minimum Gasteiger partial charge on any atom is -0.370 e. The molecule has 0 radical (unpaired) electrons. The molecule has 5 nitrogen and oxygen atoms in total. The Labute approximate surface area is 170 Å². The van der Waals surface area contributed by atoms with Gasteiger partial charge in [-0.1, -0.05) is 36.4 Å². The zero-order valence-electron chi connectivity index (χ0n) is 16.4. The molecule has 0 atom stereocenters. The van der Waals surface area contributed by atoms with E-state index in [1.807, 2.05) is 55.5 Å². The molecule has 0 saturated carbocycles. The highest BCUT2D eigenvalue weighted by Crippen LogP contribution is 2.19. The number of H-pyrrole nitrogens is 1. The second-order valence-electron chi connectivity index (χ2n) is 6.85. The molecule has 2 N–H and O–H groups in total. The molecule has 0 spiro atoms. The number of aromatic amines is 1. The van der Waals surface area contributed by atoms with E-state index in [-0.39, 0.29) is 5.91 Å². The van der Waals surface area contributed by atoms with Gasteiger partial charge in [-0.15, -0.1) is 0 Å². The molecule has 0 aliphatic carbocycles. The van der Waals surface area contributed by atoms with Gasteiger partial charge in [-0.3, -0.25) is 4.79 Å². The molecule has 2 heterocycles. The number of nitrogens with zero attached hydrogens (tertiary/aromatic N) is 2. The summed E-state index contributed by atoms with van der Waals surface area (Å²) in [6.07, 6.45) is 4.59. The Bertz CT molecular complexity index is 1090. The van der Waals surface area contributed by atoms with Gasteiger partial charge in [0, 0.05) is 42.1 Å². The van der Waals surface area contributed by atoms with Crippen molar-refractivity contribution in [1.82, 2.24) is 9.97 Å². The molecule has 4 aromatic rings. The van der Waals surface area contributed by atoms with Crippen molar-refractivity contribution in [2.45, 2.75) is 13.3 Å². The van der Waals surface area contributed by atoms with E-state index in [0.717, 1.165) is 30.0 Å². The molecule has 1 amide bonds. The first-order valence-electron chi connectivity index (χ1n) is 9.88. The third-order valence-electron chi connectivity index (χ3n) is 5.02. The van der Waals surface area contributed by atoms with E-state index in [9.17, 15) is 4.79 Å². The smallest absolute Gasteiger partial charge is 0.259 e. The van der Waals surface area contributed by atoms with Crippen LogP contribution in [0.5, 0.6) is 0 Å². The molecule has 4 rings (SSSR count). The number of amides is 1. The normalized spacial score (nSPS) is 10.8. The van der Waals surface area contributed by atoms with E-state index >= 15 is 0 Å². The monoisotopic (exact) mass is 384 g/mol. The van der Waals surface area contributed by atoms with E-state index in [4.69, 9.17) is 0 Å². The Kier molecular flexibility index (Phi) is 5.56. The third-order valence-corrected chi connectivity index (χ3v) is 5.02. The molecule has 0 fully saturated rings. The third kappa shape index (κ3) is 4.14. The van der Waals surface area contributed by atoms with Gasteiger partial charge in [0.25, 0.3) is 5.91 Å². The summed E-state index contributed by atoms with van der Waals surface area (Å²) in [5.41, 5.74) is 3.91. The molecule has 2 aromatic heterocycles. The van der Waals surface area contributed by atoms with Crippen molar-refractivity contribution in [3.63, 3.8) is 0 Å². The van der Waals surface area contributed by atoms with Crippen LogP contribution in [0.25, 0.3) is 10.9 Å². The highest BCUT2D eigenvalue weighted by Gasteiger charge is 2.16. The van der Waals surface area contributed by atoms with Crippen molar-refractivity contribution in [2.24, 2.45) is 0 Å². The van der Waals surface area contributed by atoms with E-state index in [1.165, 1.54) is 10.9 Å². The number of fused-ring (bicyclic) bond motifs is 1. The first-order valence-corrected chi connectivity index (χ1v) is 9.88. The van der Waals surface area contributed by atoms with E-state index in [1.54, 1.807) is 11.1 Å². The maximum atomic E-state index is 12.8. The lowest BCUT2D eigenvalue weighted by Gasteiger charge is -2.21. The lowest BCUT2D eigenvalue weighted by molar-refractivity contribution is 0.0988. The summed E-state index contributed by atoms with van der Waals surface area (Å²) in [4.78, 5) is 22.3. The lowest BCUT2D eigenvalue weighted by Crippen LogP contribution is -2.30. The molecule has 0 unspecified atom stereocenters. The van der Waals surface area contributed by atoms with Gasteiger partial charge < -0.3 is 15.2 Å². The number of pyridine rings is 1. The van der Waals surface area contributed by atoms with Crippen LogP contribution < -0.4 is 10.2 Å². The van der Waals surface area contributed by atoms with Gasteiger partial charge in [-0.2, -0.15) is 0 Å². The van der Waals surface area contributed by atoms with Crippen LogP contribution in [0.3, 0.4) is 0 Å². The van der Waals surface area contributed by atoms with Gasteiger partial charge in [0.05, 0.1) is 5.56 Å². The fourth-order valence-corrected chi connectivity index (χ4v) is 3.50. The Balaban J connectivity index is 1.38. The van der Waals surface area contributed by atoms with Gasteiger partial charge >= 0.3 is 0 Å². The lowest BCUT2D eigenvalue weighted by atomic mass is 10.1. The fourth-order valence-electron chi connectivity index (χ4n) is 3.50. The number of carbonyl (C=O) groups is 1. The molecule has 0 aliphatic heterocycles. The van der Waals surface area contributed by atoms with Crippen LogP contribution in [-0.4, -0.2) is 29.0 Å². The highest BCUT2D eigenvalue weighted by molar-refractivity contribution is 6.05. The second kappa shape index (κ2) is 8.61. The highest BCUT2D eigenvalue weighted by atomic mass is 16.2. The number of hydrogen-bond donors (Lipinski definition) is 2. The summed E-state index contributed by atoms with van der Waals surface area (Å²) in [7, 11) is 0. The SMILES string of the molecule is CCN(C(=O)c1ccc(NCCc2c[nH]c3ccccc23)nc1)c1ccccc1.